The van der Waals surface area contributed by atoms with Crippen LogP contribution in [0.3, 0.4) is 0 Å². The van der Waals surface area contributed by atoms with Gasteiger partial charge in [0.25, 0.3) is 11.8 Å². The number of imidazole rings is 1. The summed E-state index contributed by atoms with van der Waals surface area (Å²) >= 11 is 6.19. The third-order valence-corrected chi connectivity index (χ3v) is 4.65. The van der Waals surface area contributed by atoms with Crippen LogP contribution in [0.25, 0.3) is 22.4 Å². The van der Waals surface area contributed by atoms with Gasteiger partial charge in [-0.15, -0.1) is 0 Å². The van der Waals surface area contributed by atoms with Gasteiger partial charge in [0.05, 0.1) is 16.6 Å². The van der Waals surface area contributed by atoms with Gasteiger partial charge < -0.3 is 15.2 Å². The molecule has 0 saturated carbocycles. The van der Waals surface area contributed by atoms with Crippen LogP contribution in [0, 0.1) is 0 Å². The second-order valence-electron chi connectivity index (χ2n) is 6.15. The molecule has 1 aliphatic rings. The van der Waals surface area contributed by atoms with Crippen molar-refractivity contribution < 1.29 is 9.59 Å². The van der Waals surface area contributed by atoms with Crippen LogP contribution in [-0.2, 0) is 6.54 Å². The van der Waals surface area contributed by atoms with E-state index in [2.05, 4.69) is 15.3 Å². The minimum Gasteiger partial charge on any atom is -0.348 e. The fourth-order valence-corrected chi connectivity index (χ4v) is 3.26. The van der Waals surface area contributed by atoms with Crippen LogP contribution in [-0.4, -0.2) is 40.8 Å². The van der Waals surface area contributed by atoms with Gasteiger partial charge in [0.15, 0.2) is 0 Å². The van der Waals surface area contributed by atoms with E-state index < -0.39 is 0 Å². The number of H-pyrrole nitrogens is 1. The molecule has 2 N–H and O–H groups in total. The summed E-state index contributed by atoms with van der Waals surface area (Å²) in [7, 11) is 3.41. The normalized spacial score (nSPS) is 13.0. The minimum absolute atomic E-state index is 0.0850. The number of nitrogens with zero attached hydrogens (tertiary/aromatic N) is 2. The molecule has 0 spiro atoms. The summed E-state index contributed by atoms with van der Waals surface area (Å²) in [6.07, 6.45) is 0. The van der Waals surface area contributed by atoms with E-state index in [0.29, 0.717) is 39.6 Å². The largest absolute Gasteiger partial charge is 0.348 e. The summed E-state index contributed by atoms with van der Waals surface area (Å²) < 4.78 is 0. The van der Waals surface area contributed by atoms with E-state index in [1.807, 2.05) is 6.07 Å². The van der Waals surface area contributed by atoms with Crippen LogP contribution < -0.4 is 5.32 Å². The van der Waals surface area contributed by atoms with E-state index in [4.69, 9.17) is 11.6 Å². The van der Waals surface area contributed by atoms with Crippen molar-refractivity contribution in [2.24, 2.45) is 0 Å². The summed E-state index contributed by atoms with van der Waals surface area (Å²) in [6.45, 7) is 0.419. The molecule has 1 aliphatic heterocycles. The summed E-state index contributed by atoms with van der Waals surface area (Å²) in [5.41, 5.74) is 4.07. The molecule has 2 heterocycles. The van der Waals surface area contributed by atoms with Crippen molar-refractivity contribution in [3.63, 3.8) is 0 Å². The lowest BCUT2D eigenvalue weighted by molar-refractivity contribution is 0.0827. The van der Waals surface area contributed by atoms with Crippen molar-refractivity contribution in [3.8, 4) is 11.4 Å². The van der Waals surface area contributed by atoms with Gasteiger partial charge >= 0.3 is 0 Å². The number of rotatable bonds is 2. The first kappa shape index (κ1) is 15.7. The summed E-state index contributed by atoms with van der Waals surface area (Å²) in [4.78, 5) is 33.6. The Hall–Kier alpha value is -2.86. The van der Waals surface area contributed by atoms with Crippen molar-refractivity contribution in [1.82, 2.24) is 20.2 Å². The number of amides is 2. The molecule has 3 aromatic rings. The highest BCUT2D eigenvalue weighted by Gasteiger charge is 2.26. The van der Waals surface area contributed by atoms with Gasteiger partial charge in [-0.1, -0.05) is 11.6 Å². The molecule has 0 aliphatic carbocycles. The van der Waals surface area contributed by atoms with Crippen LogP contribution >= 0.6 is 11.6 Å². The zero-order valence-electron chi connectivity index (χ0n) is 13.7. The molecule has 0 unspecified atom stereocenters. The Labute approximate surface area is 148 Å². The summed E-state index contributed by atoms with van der Waals surface area (Å²) in [6, 6.07) is 8.87. The fraction of sp³-hybridized carbons (Fsp3) is 0.167. The van der Waals surface area contributed by atoms with Crippen LogP contribution in [0.15, 0.2) is 30.3 Å². The third kappa shape index (κ3) is 2.46. The molecule has 7 heteroatoms. The first-order chi connectivity index (χ1) is 12.0. The van der Waals surface area contributed by atoms with Crippen LogP contribution in [0.1, 0.15) is 26.3 Å². The second-order valence-corrected chi connectivity index (χ2v) is 6.56. The van der Waals surface area contributed by atoms with Crippen LogP contribution in [0.2, 0.25) is 5.02 Å². The van der Waals surface area contributed by atoms with Gasteiger partial charge in [-0.25, -0.2) is 4.98 Å². The molecular weight excluding hydrogens is 340 g/mol. The zero-order chi connectivity index (χ0) is 17.7. The standard InChI is InChI=1S/C18H15ClN4O2/c1-23(2)18(25)9-3-6-13-14(7-9)22-16(21-13)10-4-5-12(19)11-8-20-17(24)15(10)11/h3-7H,8H2,1-2H3,(H,20,24)(H,21,22). The number of hydrogen-bond acceptors (Lipinski definition) is 3. The molecule has 6 nitrogen and oxygen atoms in total. The third-order valence-electron chi connectivity index (χ3n) is 4.30. The Balaban J connectivity index is 1.85. The average molecular weight is 355 g/mol. The Morgan fingerprint density at radius 1 is 1.24 bits per heavy atom. The number of fused-ring (bicyclic) bond motifs is 2. The molecule has 0 atom stereocenters. The molecule has 0 bridgehead atoms. The lowest BCUT2D eigenvalue weighted by Crippen LogP contribution is -2.21. The lowest BCUT2D eigenvalue weighted by atomic mass is 10.0. The van der Waals surface area contributed by atoms with E-state index in [1.54, 1.807) is 38.4 Å². The number of nitrogens with one attached hydrogen (secondary N) is 2. The highest BCUT2D eigenvalue weighted by molar-refractivity contribution is 6.32. The number of benzene rings is 2. The van der Waals surface area contributed by atoms with Gasteiger partial charge in [0.1, 0.15) is 5.82 Å². The SMILES string of the molecule is CN(C)C(=O)c1ccc2[nH]c(-c3ccc(Cl)c4c3C(=O)NC4)nc2c1. The Kier molecular flexibility index (Phi) is 3.51. The van der Waals surface area contributed by atoms with Crippen molar-refractivity contribution in [3.05, 3.63) is 52.0 Å². The zero-order valence-corrected chi connectivity index (χ0v) is 14.4. The van der Waals surface area contributed by atoms with Crippen molar-refractivity contribution in [2.75, 3.05) is 14.1 Å². The number of hydrogen-bond donors (Lipinski definition) is 2. The van der Waals surface area contributed by atoms with E-state index >= 15 is 0 Å². The highest BCUT2D eigenvalue weighted by atomic mass is 35.5. The predicted octanol–water partition coefficient (Wildman–Crippen LogP) is 2.83. The number of carbonyl (C=O) groups is 2. The molecule has 0 radical (unpaired) electrons. The van der Waals surface area contributed by atoms with E-state index in [-0.39, 0.29) is 11.8 Å². The van der Waals surface area contributed by atoms with Gasteiger partial charge in [0.2, 0.25) is 0 Å². The average Bonchev–Trinajstić information content (AvgIpc) is 3.18. The summed E-state index contributed by atoms with van der Waals surface area (Å²) in [5, 5.41) is 3.35. The Morgan fingerprint density at radius 3 is 2.80 bits per heavy atom. The molecule has 25 heavy (non-hydrogen) atoms. The summed E-state index contributed by atoms with van der Waals surface area (Å²) in [5.74, 6) is 0.337. The Bertz CT molecular complexity index is 1040. The smallest absolute Gasteiger partial charge is 0.253 e. The topological polar surface area (TPSA) is 78.1 Å². The molecule has 4 rings (SSSR count). The molecule has 126 valence electrons. The second kappa shape index (κ2) is 5.60. The molecule has 1 aromatic heterocycles. The maximum atomic E-state index is 12.2. The van der Waals surface area contributed by atoms with Gasteiger partial charge in [-0.3, -0.25) is 9.59 Å². The van der Waals surface area contributed by atoms with E-state index in [0.717, 1.165) is 11.1 Å². The van der Waals surface area contributed by atoms with Crippen molar-refractivity contribution in [2.45, 2.75) is 6.54 Å². The Morgan fingerprint density at radius 2 is 2.04 bits per heavy atom. The lowest BCUT2D eigenvalue weighted by Gasteiger charge is -2.09. The monoisotopic (exact) mass is 354 g/mol. The highest BCUT2D eigenvalue weighted by Crippen LogP contribution is 2.33. The van der Waals surface area contributed by atoms with Crippen molar-refractivity contribution >= 4 is 34.4 Å². The first-order valence-corrected chi connectivity index (χ1v) is 8.15. The maximum absolute atomic E-state index is 12.2. The number of aromatic amines is 1. The maximum Gasteiger partial charge on any atom is 0.253 e. The molecule has 0 saturated heterocycles. The van der Waals surface area contributed by atoms with Gasteiger partial charge in [-0.2, -0.15) is 0 Å². The van der Waals surface area contributed by atoms with E-state index in [1.165, 1.54) is 4.90 Å². The number of halogens is 1. The van der Waals surface area contributed by atoms with Gasteiger partial charge in [0, 0.05) is 42.4 Å². The van der Waals surface area contributed by atoms with Crippen LogP contribution in [0.5, 0.6) is 0 Å². The molecule has 0 fully saturated rings. The predicted molar refractivity (Wildman–Crippen MR) is 95.7 cm³/mol. The molecule has 2 amide bonds. The molecule has 2 aromatic carbocycles. The quantitative estimate of drug-likeness (QED) is 0.742. The fourth-order valence-electron chi connectivity index (χ4n) is 3.03. The van der Waals surface area contributed by atoms with Crippen LogP contribution in [0.4, 0.5) is 0 Å². The number of carbonyl (C=O) groups excluding carboxylic acids is 2. The molecular formula is C18H15ClN4O2. The minimum atomic E-state index is -0.156. The van der Waals surface area contributed by atoms with Gasteiger partial charge in [-0.05, 0) is 30.3 Å². The first-order valence-electron chi connectivity index (χ1n) is 7.77. The number of aromatic nitrogens is 2. The van der Waals surface area contributed by atoms with E-state index in [9.17, 15) is 9.59 Å². The van der Waals surface area contributed by atoms with Crippen molar-refractivity contribution in [1.29, 1.82) is 0 Å².